The highest BCUT2D eigenvalue weighted by Gasteiger charge is 2.21. The average Bonchev–Trinajstić information content (AvgIpc) is 2.52. The van der Waals surface area contributed by atoms with Gasteiger partial charge in [0, 0.05) is 18.8 Å². The van der Waals surface area contributed by atoms with Crippen LogP contribution in [0.3, 0.4) is 0 Å². The van der Waals surface area contributed by atoms with E-state index in [-0.39, 0.29) is 5.97 Å². The molecule has 116 valence electrons. The molecule has 3 nitrogen and oxygen atoms in total. The first-order valence-corrected chi connectivity index (χ1v) is 8.12. The van der Waals surface area contributed by atoms with Gasteiger partial charge in [0.15, 0.2) is 0 Å². The molecule has 0 spiro atoms. The molecule has 0 aliphatic carbocycles. The number of hydrogen-bond acceptors (Lipinski definition) is 3. The summed E-state index contributed by atoms with van der Waals surface area (Å²) in [7, 11) is 1.46. The van der Waals surface area contributed by atoms with Crippen LogP contribution in [0, 0.1) is 5.92 Å². The predicted molar refractivity (Wildman–Crippen MR) is 87.0 cm³/mol. The summed E-state index contributed by atoms with van der Waals surface area (Å²) in [6.45, 7) is 6.68. The van der Waals surface area contributed by atoms with Gasteiger partial charge in [-0.05, 0) is 49.3 Å². The van der Waals surface area contributed by atoms with E-state index in [0.29, 0.717) is 0 Å². The van der Waals surface area contributed by atoms with Crippen molar-refractivity contribution in [3.8, 4) is 0 Å². The number of benzene rings is 1. The molecule has 1 aliphatic rings. The molecule has 1 aliphatic heterocycles. The lowest BCUT2D eigenvalue weighted by molar-refractivity contribution is 0.0599. The number of carbonyl (C=O) groups is 1. The number of hydrogen-bond donors (Lipinski definition) is 0. The Hall–Kier alpha value is -1.51. The number of ether oxygens (including phenoxy) is 1. The number of anilines is 1. The van der Waals surface area contributed by atoms with Crippen molar-refractivity contribution < 1.29 is 9.53 Å². The minimum atomic E-state index is -0.215. The minimum Gasteiger partial charge on any atom is -0.465 e. The smallest absolute Gasteiger partial charge is 0.338 e. The molecule has 1 heterocycles. The molecule has 0 saturated carbocycles. The van der Waals surface area contributed by atoms with E-state index < -0.39 is 0 Å². The second-order valence-corrected chi connectivity index (χ2v) is 6.07. The fraction of sp³-hybridized carbons (Fsp3) is 0.611. The van der Waals surface area contributed by atoms with Crippen molar-refractivity contribution in [2.24, 2.45) is 5.92 Å². The first-order valence-electron chi connectivity index (χ1n) is 8.12. The molecule has 0 radical (unpaired) electrons. The molecular weight excluding hydrogens is 262 g/mol. The van der Waals surface area contributed by atoms with Crippen LogP contribution in [-0.4, -0.2) is 26.2 Å². The van der Waals surface area contributed by atoms with E-state index in [1.807, 2.05) is 12.1 Å². The van der Waals surface area contributed by atoms with Crippen LogP contribution in [0.5, 0.6) is 0 Å². The molecule has 3 heteroatoms. The van der Waals surface area contributed by atoms with E-state index in [2.05, 4.69) is 24.8 Å². The van der Waals surface area contributed by atoms with Crippen molar-refractivity contribution in [3.63, 3.8) is 0 Å². The maximum atomic E-state index is 12.0. The van der Waals surface area contributed by atoms with Crippen LogP contribution in [0.15, 0.2) is 18.2 Å². The Morgan fingerprint density at radius 3 is 2.67 bits per heavy atom. The summed E-state index contributed by atoms with van der Waals surface area (Å²) in [6.07, 6.45) is 5.64. The van der Waals surface area contributed by atoms with Crippen LogP contribution in [0.4, 0.5) is 5.69 Å². The van der Waals surface area contributed by atoms with Crippen molar-refractivity contribution >= 4 is 11.7 Å². The molecule has 1 aromatic rings. The quantitative estimate of drug-likeness (QED) is 0.766. The zero-order valence-corrected chi connectivity index (χ0v) is 13.5. The molecule has 0 aromatic heterocycles. The molecule has 1 saturated heterocycles. The van der Waals surface area contributed by atoms with Gasteiger partial charge in [-0.25, -0.2) is 4.79 Å². The topological polar surface area (TPSA) is 29.5 Å². The zero-order chi connectivity index (χ0) is 15.2. The van der Waals surface area contributed by atoms with Gasteiger partial charge in [0.05, 0.1) is 12.7 Å². The monoisotopic (exact) mass is 289 g/mol. The number of methoxy groups -OCH3 is 1. The van der Waals surface area contributed by atoms with Gasteiger partial charge in [0.1, 0.15) is 0 Å². The number of unbranched alkanes of at least 4 members (excludes halogenated alkanes) is 1. The highest BCUT2D eigenvalue weighted by atomic mass is 16.5. The summed E-state index contributed by atoms with van der Waals surface area (Å²) in [5.74, 6) is 0.595. The van der Waals surface area contributed by atoms with Crippen molar-refractivity contribution in [1.82, 2.24) is 0 Å². The Labute approximate surface area is 128 Å². The standard InChI is InChI=1S/C18H27NO2/c1-4-5-7-15-16(18(20)21-3)8-6-9-17(15)19-12-10-14(2)11-13-19/h6,8-9,14H,4-5,7,10-13H2,1-3H3. The Bertz CT molecular complexity index is 476. The van der Waals surface area contributed by atoms with Crippen molar-refractivity contribution in [3.05, 3.63) is 29.3 Å². The Morgan fingerprint density at radius 1 is 1.33 bits per heavy atom. The summed E-state index contributed by atoms with van der Waals surface area (Å²) in [4.78, 5) is 14.5. The number of nitrogens with zero attached hydrogens (tertiary/aromatic N) is 1. The molecular formula is C18H27NO2. The van der Waals surface area contributed by atoms with Crippen LogP contribution in [-0.2, 0) is 11.2 Å². The van der Waals surface area contributed by atoms with Gasteiger partial charge in [-0.1, -0.05) is 26.3 Å². The van der Waals surface area contributed by atoms with E-state index in [1.54, 1.807) is 0 Å². The van der Waals surface area contributed by atoms with E-state index in [0.717, 1.165) is 43.8 Å². The fourth-order valence-electron chi connectivity index (χ4n) is 3.04. The SMILES string of the molecule is CCCCc1c(C(=O)OC)cccc1N1CCC(C)CC1. The van der Waals surface area contributed by atoms with Crippen LogP contribution < -0.4 is 4.90 Å². The lowest BCUT2D eigenvalue weighted by Gasteiger charge is -2.34. The highest BCUT2D eigenvalue weighted by Crippen LogP contribution is 2.30. The van der Waals surface area contributed by atoms with Crippen molar-refractivity contribution in [2.75, 3.05) is 25.1 Å². The molecule has 0 atom stereocenters. The third-order valence-corrected chi connectivity index (χ3v) is 4.46. The number of esters is 1. The van der Waals surface area contributed by atoms with Gasteiger partial charge in [0.25, 0.3) is 0 Å². The predicted octanol–water partition coefficient (Wildman–Crippen LogP) is 4.05. The molecule has 1 fully saturated rings. The van der Waals surface area contributed by atoms with Gasteiger partial charge < -0.3 is 9.64 Å². The molecule has 21 heavy (non-hydrogen) atoms. The van der Waals surface area contributed by atoms with Crippen molar-refractivity contribution in [2.45, 2.75) is 46.0 Å². The summed E-state index contributed by atoms with van der Waals surface area (Å²) in [5.41, 5.74) is 3.14. The van der Waals surface area contributed by atoms with Gasteiger partial charge in [-0.3, -0.25) is 0 Å². The maximum Gasteiger partial charge on any atom is 0.338 e. The van der Waals surface area contributed by atoms with Crippen molar-refractivity contribution in [1.29, 1.82) is 0 Å². The van der Waals surface area contributed by atoms with Crippen LogP contribution in [0.2, 0.25) is 0 Å². The summed E-state index contributed by atoms with van der Waals surface area (Å²) in [6, 6.07) is 6.04. The Balaban J connectivity index is 2.32. The van der Waals surface area contributed by atoms with E-state index in [1.165, 1.54) is 31.2 Å². The molecule has 0 N–H and O–H groups in total. The highest BCUT2D eigenvalue weighted by molar-refractivity contribution is 5.93. The van der Waals surface area contributed by atoms with Gasteiger partial charge in [-0.2, -0.15) is 0 Å². The normalized spacial score (nSPS) is 16.0. The van der Waals surface area contributed by atoms with Gasteiger partial charge >= 0.3 is 5.97 Å². The largest absolute Gasteiger partial charge is 0.465 e. The maximum absolute atomic E-state index is 12.0. The first-order chi connectivity index (χ1) is 10.2. The van der Waals surface area contributed by atoms with Crippen LogP contribution >= 0.6 is 0 Å². The minimum absolute atomic E-state index is 0.215. The summed E-state index contributed by atoms with van der Waals surface area (Å²) >= 11 is 0. The van der Waals surface area contributed by atoms with E-state index >= 15 is 0 Å². The third kappa shape index (κ3) is 3.78. The summed E-state index contributed by atoms with van der Waals surface area (Å²) in [5, 5.41) is 0. The number of carbonyl (C=O) groups excluding carboxylic acids is 1. The lowest BCUT2D eigenvalue weighted by Crippen LogP contribution is -2.33. The second kappa shape index (κ2) is 7.48. The first kappa shape index (κ1) is 15.9. The number of rotatable bonds is 5. The van der Waals surface area contributed by atoms with Crippen LogP contribution in [0.25, 0.3) is 0 Å². The molecule has 0 unspecified atom stereocenters. The molecule has 0 bridgehead atoms. The fourth-order valence-corrected chi connectivity index (χ4v) is 3.04. The lowest BCUT2D eigenvalue weighted by atomic mass is 9.95. The van der Waals surface area contributed by atoms with E-state index in [4.69, 9.17) is 4.74 Å². The van der Waals surface area contributed by atoms with Gasteiger partial charge in [0.2, 0.25) is 0 Å². The summed E-state index contributed by atoms with van der Waals surface area (Å²) < 4.78 is 4.96. The molecule has 1 aromatic carbocycles. The molecule has 0 amide bonds. The Kier molecular flexibility index (Phi) is 5.66. The van der Waals surface area contributed by atoms with Gasteiger partial charge in [-0.15, -0.1) is 0 Å². The molecule has 2 rings (SSSR count). The number of piperidine rings is 1. The average molecular weight is 289 g/mol. The second-order valence-electron chi connectivity index (χ2n) is 6.07. The van der Waals surface area contributed by atoms with Crippen LogP contribution in [0.1, 0.15) is 55.5 Å². The zero-order valence-electron chi connectivity index (χ0n) is 13.5. The van der Waals surface area contributed by atoms with E-state index in [9.17, 15) is 4.79 Å². The third-order valence-electron chi connectivity index (χ3n) is 4.46. The Morgan fingerprint density at radius 2 is 2.05 bits per heavy atom.